The summed E-state index contributed by atoms with van der Waals surface area (Å²) in [6, 6.07) is 0. The molecule has 0 aliphatic heterocycles. The summed E-state index contributed by atoms with van der Waals surface area (Å²) in [6.07, 6.45) is 11.1. The first kappa shape index (κ1) is 6.90. The van der Waals surface area contributed by atoms with Crippen LogP contribution in [0.4, 0.5) is 0 Å². The molecule has 12 heavy (non-hydrogen) atoms. The molecule has 1 fully saturated rings. The lowest BCUT2D eigenvalue weighted by molar-refractivity contribution is 0.00763. The van der Waals surface area contributed by atoms with Crippen LogP contribution in [0, 0.1) is 5.92 Å². The van der Waals surface area contributed by atoms with E-state index in [4.69, 9.17) is 6.54 Å². The maximum atomic E-state index is 7.16. The highest BCUT2D eigenvalue weighted by atomic mass is 16.3. The van der Waals surface area contributed by atoms with E-state index in [2.05, 4.69) is 18.2 Å². The lowest BCUT2D eigenvalue weighted by atomic mass is 9.71. The van der Waals surface area contributed by atoms with E-state index in [9.17, 15) is 0 Å². The molecule has 0 saturated heterocycles. The van der Waals surface area contributed by atoms with E-state index < -0.39 is 0 Å². The molecule has 0 aromatic heterocycles. The van der Waals surface area contributed by atoms with Crippen molar-refractivity contribution < 1.29 is 5.11 Å². The second kappa shape index (κ2) is 2.74. The summed E-state index contributed by atoms with van der Waals surface area (Å²) >= 11 is 0. The average molecular weight is 165 g/mol. The average Bonchev–Trinajstić information content (AvgIpc) is 2.19. The minimum absolute atomic E-state index is 0.277. The van der Waals surface area contributed by atoms with Gasteiger partial charge in [0.2, 0.25) is 1.43 Å². The summed E-state index contributed by atoms with van der Waals surface area (Å²) in [5.74, 6) is 0.354. The van der Waals surface area contributed by atoms with Gasteiger partial charge in [0.25, 0.3) is 0 Å². The zero-order chi connectivity index (χ0) is 9.31. The van der Waals surface area contributed by atoms with Gasteiger partial charge in [0.05, 0.1) is 5.60 Å². The summed E-state index contributed by atoms with van der Waals surface area (Å²) in [5, 5.41) is 4.91. The maximum absolute atomic E-state index is 7.16. The second-order valence-corrected chi connectivity index (χ2v) is 4.09. The predicted molar refractivity (Wildman–Crippen MR) is 49.8 cm³/mol. The quantitative estimate of drug-likeness (QED) is 0.592. The third kappa shape index (κ3) is 1.22. The Balaban J connectivity index is 2.26. The molecule has 0 heterocycles. The molecule has 0 bridgehead atoms. The van der Waals surface area contributed by atoms with Crippen molar-refractivity contribution in [3.8, 4) is 0 Å². The van der Waals surface area contributed by atoms with E-state index in [1.165, 1.54) is 12.0 Å². The van der Waals surface area contributed by atoms with Crippen LogP contribution in [0.1, 0.15) is 32.6 Å². The van der Waals surface area contributed by atoms with Crippen LogP contribution in [0.3, 0.4) is 0 Å². The van der Waals surface area contributed by atoms with Crippen molar-refractivity contribution in [3.63, 3.8) is 0 Å². The van der Waals surface area contributed by atoms with Crippen molar-refractivity contribution in [3.05, 3.63) is 23.8 Å². The van der Waals surface area contributed by atoms with Crippen LogP contribution >= 0.6 is 0 Å². The maximum Gasteiger partial charge on any atom is 0.211 e. The van der Waals surface area contributed by atoms with Crippen molar-refractivity contribution >= 4 is 0 Å². The third-order valence-electron chi connectivity index (χ3n) is 3.04. The monoisotopic (exact) mass is 165 g/mol. The Labute approximate surface area is 75.3 Å². The molecule has 1 saturated carbocycles. The van der Waals surface area contributed by atoms with Gasteiger partial charge in [-0.3, -0.25) is 0 Å². The van der Waals surface area contributed by atoms with Crippen LogP contribution in [0.2, 0.25) is 0 Å². The molecular formula is C11H16O. The predicted octanol–water partition coefficient (Wildman–Crippen LogP) is 2.42. The van der Waals surface area contributed by atoms with Crippen LogP contribution in [0.15, 0.2) is 23.8 Å². The largest absolute Gasteiger partial charge is 0.389 e. The summed E-state index contributed by atoms with van der Waals surface area (Å²) in [7, 11) is 0. The van der Waals surface area contributed by atoms with Crippen molar-refractivity contribution in [2.75, 3.05) is 0 Å². The number of fused-ring (bicyclic) bond motifs is 1. The topological polar surface area (TPSA) is 20.2 Å². The van der Waals surface area contributed by atoms with E-state index in [1.54, 1.807) is 0 Å². The Morgan fingerprint density at radius 1 is 1.75 bits per heavy atom. The van der Waals surface area contributed by atoms with E-state index in [-0.39, 0.29) is 5.60 Å². The minimum atomic E-state index is -0.277. The van der Waals surface area contributed by atoms with Gasteiger partial charge < -0.3 is 5.11 Å². The Morgan fingerprint density at radius 2 is 2.67 bits per heavy atom. The minimum Gasteiger partial charge on any atom is -0.389 e. The summed E-state index contributed by atoms with van der Waals surface area (Å²) in [4.78, 5) is 0. The molecule has 2 aliphatic carbocycles. The molecule has 2 aliphatic rings. The van der Waals surface area contributed by atoms with Gasteiger partial charge in [-0.2, -0.15) is 0 Å². The van der Waals surface area contributed by atoms with Gasteiger partial charge >= 0.3 is 0 Å². The SMILES string of the molecule is [2H]O[C@@]1(C)CCCC2=CCC=C[C@@H]21. The van der Waals surface area contributed by atoms with Crippen molar-refractivity contribution in [2.45, 2.75) is 38.2 Å². The lowest BCUT2D eigenvalue weighted by Gasteiger charge is -2.38. The Kier molecular flexibility index (Phi) is 1.57. The smallest absolute Gasteiger partial charge is 0.211 e. The van der Waals surface area contributed by atoms with Crippen molar-refractivity contribution in [2.24, 2.45) is 5.92 Å². The fourth-order valence-electron chi connectivity index (χ4n) is 2.34. The van der Waals surface area contributed by atoms with Gasteiger partial charge in [-0.1, -0.05) is 23.8 Å². The van der Waals surface area contributed by atoms with Crippen LogP contribution in [-0.2, 0) is 0 Å². The fraction of sp³-hybridized carbons (Fsp3) is 0.636. The van der Waals surface area contributed by atoms with E-state index in [0.717, 1.165) is 19.3 Å². The zero-order valence-corrected chi connectivity index (χ0v) is 7.55. The Morgan fingerprint density at radius 3 is 3.50 bits per heavy atom. The first-order valence-corrected chi connectivity index (χ1v) is 4.76. The van der Waals surface area contributed by atoms with Gasteiger partial charge in [-0.05, 0) is 32.6 Å². The van der Waals surface area contributed by atoms with Gasteiger partial charge in [0.1, 0.15) is 0 Å². The molecule has 0 aromatic carbocycles. The summed E-state index contributed by atoms with van der Waals surface area (Å²) in [5.41, 5.74) is 1.20. The highest BCUT2D eigenvalue weighted by molar-refractivity contribution is 5.25. The van der Waals surface area contributed by atoms with Crippen molar-refractivity contribution in [1.82, 2.24) is 0 Å². The molecular weight excluding hydrogens is 148 g/mol. The number of hydrogen-bond donors (Lipinski definition) is 1. The van der Waals surface area contributed by atoms with Gasteiger partial charge in [0.15, 0.2) is 0 Å². The Hall–Kier alpha value is -0.560. The summed E-state index contributed by atoms with van der Waals surface area (Å²) in [6.45, 7) is 2.05. The standard InChI is InChI=1S/C11H16O/c1-11(12)8-4-6-9-5-2-3-7-10(9)11/h3,5,7,10,12H,2,4,6,8H2,1H3/t10-,11-/m0/s1/i12D. The number of allylic oxidation sites excluding steroid dienone is 2. The van der Waals surface area contributed by atoms with Crippen LogP contribution in [0.25, 0.3) is 0 Å². The van der Waals surface area contributed by atoms with Crippen molar-refractivity contribution in [1.29, 1.82) is 1.43 Å². The molecule has 1 nitrogen and oxygen atoms in total. The highest BCUT2D eigenvalue weighted by Gasteiger charge is 2.36. The molecule has 66 valence electrons. The highest BCUT2D eigenvalue weighted by Crippen LogP contribution is 2.39. The van der Waals surface area contributed by atoms with E-state index in [0.29, 0.717) is 5.92 Å². The summed E-state index contributed by atoms with van der Waals surface area (Å²) < 4.78 is 7.16. The van der Waals surface area contributed by atoms with Crippen LogP contribution in [0.5, 0.6) is 0 Å². The lowest BCUT2D eigenvalue weighted by Crippen LogP contribution is -2.38. The fourth-order valence-corrected chi connectivity index (χ4v) is 2.34. The Bertz CT molecular complexity index is 257. The first-order chi connectivity index (χ1) is 6.26. The molecule has 1 heteroatoms. The molecule has 1 N–H and O–H groups in total. The number of rotatable bonds is 1. The molecule has 0 radical (unpaired) electrons. The molecule has 2 rings (SSSR count). The van der Waals surface area contributed by atoms with E-state index >= 15 is 0 Å². The third-order valence-corrected chi connectivity index (χ3v) is 3.04. The molecule has 2 atom stereocenters. The second-order valence-electron chi connectivity index (χ2n) is 4.09. The van der Waals surface area contributed by atoms with Gasteiger partial charge in [-0.25, -0.2) is 0 Å². The number of aliphatic hydroxyl groups is 1. The van der Waals surface area contributed by atoms with E-state index in [1.807, 2.05) is 6.92 Å². The van der Waals surface area contributed by atoms with Crippen LogP contribution < -0.4 is 0 Å². The zero-order valence-electron chi connectivity index (χ0n) is 8.55. The normalized spacial score (nSPS) is 41.6. The molecule has 0 unspecified atom stereocenters. The number of hydrogen-bond acceptors (Lipinski definition) is 1. The van der Waals surface area contributed by atoms with Crippen LogP contribution in [-0.4, -0.2) is 12.1 Å². The molecule has 0 aromatic rings. The van der Waals surface area contributed by atoms with Gasteiger partial charge in [0, 0.05) is 5.92 Å². The molecule has 0 amide bonds. The van der Waals surface area contributed by atoms with Gasteiger partial charge in [-0.15, -0.1) is 0 Å². The molecule has 0 spiro atoms. The first-order valence-electron chi connectivity index (χ1n) is 5.17.